The molecule has 0 aliphatic rings. The van der Waals surface area contributed by atoms with Gasteiger partial charge in [0.1, 0.15) is 0 Å². The predicted molar refractivity (Wildman–Crippen MR) is 73.2 cm³/mol. The zero-order valence-corrected chi connectivity index (χ0v) is 11.5. The summed E-state index contributed by atoms with van der Waals surface area (Å²) in [6, 6.07) is 0. The zero-order valence-electron chi connectivity index (χ0n) is 11.5. The van der Waals surface area contributed by atoms with Crippen molar-refractivity contribution in [3.05, 3.63) is 11.6 Å². The summed E-state index contributed by atoms with van der Waals surface area (Å²) in [6.45, 7) is 4.14. The summed E-state index contributed by atoms with van der Waals surface area (Å²) in [5.74, 6) is -0.821. The molecular weight excluding hydrogens is 212 g/mol. The average Bonchev–Trinajstić information content (AvgIpc) is 2.26. The third-order valence-corrected chi connectivity index (χ3v) is 3.04. The van der Waals surface area contributed by atoms with Gasteiger partial charge in [0.15, 0.2) is 0 Å². The summed E-state index contributed by atoms with van der Waals surface area (Å²) >= 11 is 0. The molecule has 0 aromatic carbocycles. The van der Waals surface area contributed by atoms with Crippen molar-refractivity contribution in [2.24, 2.45) is 0 Å². The number of allylic oxidation sites excluding steroid dienone is 1. The first-order chi connectivity index (χ1) is 8.16. The Morgan fingerprint density at radius 1 is 0.941 bits per heavy atom. The molecule has 0 rings (SSSR count). The Bertz CT molecular complexity index is 219. The van der Waals surface area contributed by atoms with E-state index in [2.05, 4.69) is 6.92 Å². The largest absolute Gasteiger partial charge is 0.478 e. The highest BCUT2D eigenvalue weighted by atomic mass is 16.4. The molecule has 0 fully saturated rings. The SMILES string of the molecule is CCCCCCCCCCC/C(C)=C/C(=O)O. The molecule has 2 heteroatoms. The first-order valence-electron chi connectivity index (χ1n) is 7.07. The van der Waals surface area contributed by atoms with Crippen molar-refractivity contribution in [3.8, 4) is 0 Å². The van der Waals surface area contributed by atoms with Crippen LogP contribution in [0.25, 0.3) is 0 Å². The Balaban J connectivity index is 3.21. The third-order valence-electron chi connectivity index (χ3n) is 3.04. The van der Waals surface area contributed by atoms with Gasteiger partial charge in [-0.1, -0.05) is 63.9 Å². The molecule has 100 valence electrons. The quantitative estimate of drug-likeness (QED) is 0.410. The maximum atomic E-state index is 10.4. The molecule has 0 aromatic rings. The van der Waals surface area contributed by atoms with E-state index in [0.717, 1.165) is 18.4 Å². The number of carboxylic acids is 1. The molecule has 0 unspecified atom stereocenters. The van der Waals surface area contributed by atoms with Gasteiger partial charge in [-0.25, -0.2) is 4.79 Å². The van der Waals surface area contributed by atoms with E-state index in [1.165, 1.54) is 57.4 Å². The van der Waals surface area contributed by atoms with Crippen LogP contribution in [-0.2, 0) is 4.79 Å². The van der Waals surface area contributed by atoms with Crippen LogP contribution in [0.5, 0.6) is 0 Å². The van der Waals surface area contributed by atoms with Crippen molar-refractivity contribution in [1.82, 2.24) is 0 Å². The second-order valence-electron chi connectivity index (χ2n) is 4.91. The van der Waals surface area contributed by atoms with Gasteiger partial charge < -0.3 is 5.11 Å². The van der Waals surface area contributed by atoms with Gasteiger partial charge in [-0.2, -0.15) is 0 Å². The van der Waals surface area contributed by atoms with E-state index < -0.39 is 5.97 Å². The minimum absolute atomic E-state index is 0.821. The van der Waals surface area contributed by atoms with Gasteiger partial charge in [-0.05, 0) is 19.8 Å². The Morgan fingerprint density at radius 3 is 1.88 bits per heavy atom. The molecule has 0 bridgehead atoms. The van der Waals surface area contributed by atoms with Gasteiger partial charge in [0.05, 0.1) is 0 Å². The van der Waals surface area contributed by atoms with E-state index in [9.17, 15) is 4.79 Å². The highest BCUT2D eigenvalue weighted by Gasteiger charge is 1.95. The van der Waals surface area contributed by atoms with Gasteiger partial charge in [0, 0.05) is 6.08 Å². The maximum Gasteiger partial charge on any atom is 0.328 e. The molecular formula is C15H28O2. The smallest absolute Gasteiger partial charge is 0.328 e. The highest BCUT2D eigenvalue weighted by molar-refractivity contribution is 5.80. The number of hydrogen-bond acceptors (Lipinski definition) is 1. The fraction of sp³-hybridized carbons (Fsp3) is 0.800. The molecule has 0 spiro atoms. The van der Waals surface area contributed by atoms with Crippen LogP contribution in [0.4, 0.5) is 0 Å². The summed E-state index contributed by atoms with van der Waals surface area (Å²) in [5, 5.41) is 8.55. The summed E-state index contributed by atoms with van der Waals surface area (Å²) in [5.41, 5.74) is 0.987. The van der Waals surface area contributed by atoms with Gasteiger partial charge in [-0.15, -0.1) is 0 Å². The van der Waals surface area contributed by atoms with Crippen LogP contribution in [0.15, 0.2) is 11.6 Å². The third kappa shape index (κ3) is 13.1. The van der Waals surface area contributed by atoms with Gasteiger partial charge in [0.2, 0.25) is 0 Å². The number of carboxylic acid groups (broad SMARTS) is 1. The second kappa shape index (κ2) is 11.7. The Labute approximate surface area is 106 Å². The van der Waals surface area contributed by atoms with Crippen LogP contribution >= 0.6 is 0 Å². The lowest BCUT2D eigenvalue weighted by atomic mass is 10.0. The van der Waals surface area contributed by atoms with Crippen LogP contribution in [0.1, 0.15) is 78.1 Å². The normalized spacial score (nSPS) is 11.8. The van der Waals surface area contributed by atoms with Crippen molar-refractivity contribution >= 4 is 5.97 Å². The highest BCUT2D eigenvalue weighted by Crippen LogP contribution is 2.12. The Morgan fingerprint density at radius 2 is 1.41 bits per heavy atom. The lowest BCUT2D eigenvalue weighted by molar-refractivity contribution is -0.131. The lowest BCUT2D eigenvalue weighted by Gasteiger charge is -2.02. The number of carbonyl (C=O) groups is 1. The molecule has 0 atom stereocenters. The number of unbranched alkanes of at least 4 members (excludes halogenated alkanes) is 8. The van der Waals surface area contributed by atoms with Crippen molar-refractivity contribution in [2.45, 2.75) is 78.1 Å². The van der Waals surface area contributed by atoms with Crippen LogP contribution in [0.2, 0.25) is 0 Å². The van der Waals surface area contributed by atoms with Gasteiger partial charge in [0.25, 0.3) is 0 Å². The van der Waals surface area contributed by atoms with Crippen molar-refractivity contribution in [3.63, 3.8) is 0 Å². The second-order valence-corrected chi connectivity index (χ2v) is 4.91. The molecule has 0 aromatic heterocycles. The summed E-state index contributed by atoms with van der Waals surface area (Å²) in [7, 11) is 0. The molecule has 0 radical (unpaired) electrons. The van der Waals surface area contributed by atoms with Crippen molar-refractivity contribution < 1.29 is 9.90 Å². The molecule has 0 saturated carbocycles. The van der Waals surface area contributed by atoms with Gasteiger partial charge >= 0.3 is 5.97 Å². The standard InChI is InChI=1S/C15H28O2/c1-3-4-5-6-7-8-9-10-11-12-14(2)13-15(16)17/h13H,3-12H2,1-2H3,(H,16,17)/b14-13+. The van der Waals surface area contributed by atoms with E-state index in [-0.39, 0.29) is 0 Å². The minimum atomic E-state index is -0.821. The van der Waals surface area contributed by atoms with Crippen LogP contribution in [-0.4, -0.2) is 11.1 Å². The molecule has 2 nitrogen and oxygen atoms in total. The molecule has 0 heterocycles. The fourth-order valence-corrected chi connectivity index (χ4v) is 2.00. The van der Waals surface area contributed by atoms with Crippen LogP contribution in [0, 0.1) is 0 Å². The first kappa shape index (κ1) is 16.2. The summed E-state index contributed by atoms with van der Waals surface area (Å²) < 4.78 is 0. The van der Waals surface area contributed by atoms with E-state index in [4.69, 9.17) is 5.11 Å². The molecule has 0 aliphatic carbocycles. The molecule has 1 N–H and O–H groups in total. The minimum Gasteiger partial charge on any atom is -0.478 e. The summed E-state index contributed by atoms with van der Waals surface area (Å²) in [4.78, 5) is 10.4. The van der Waals surface area contributed by atoms with Crippen molar-refractivity contribution in [1.29, 1.82) is 0 Å². The molecule has 17 heavy (non-hydrogen) atoms. The molecule has 0 aliphatic heterocycles. The number of hydrogen-bond donors (Lipinski definition) is 1. The maximum absolute atomic E-state index is 10.4. The molecule has 0 amide bonds. The number of rotatable bonds is 11. The number of aliphatic carboxylic acids is 1. The van der Waals surface area contributed by atoms with E-state index in [0.29, 0.717) is 0 Å². The topological polar surface area (TPSA) is 37.3 Å². The predicted octanol–water partition coefficient (Wildman–Crippen LogP) is 4.94. The monoisotopic (exact) mass is 240 g/mol. The van der Waals surface area contributed by atoms with Crippen molar-refractivity contribution in [2.75, 3.05) is 0 Å². The first-order valence-corrected chi connectivity index (χ1v) is 7.07. The molecule has 0 saturated heterocycles. The average molecular weight is 240 g/mol. The Kier molecular flexibility index (Phi) is 11.1. The van der Waals surface area contributed by atoms with E-state index in [1.807, 2.05) is 6.92 Å². The van der Waals surface area contributed by atoms with Crippen LogP contribution in [0.3, 0.4) is 0 Å². The summed E-state index contributed by atoms with van der Waals surface area (Å²) in [6.07, 6.45) is 14.1. The zero-order chi connectivity index (χ0) is 12.9. The fourth-order valence-electron chi connectivity index (χ4n) is 2.00. The Hall–Kier alpha value is -0.790. The van der Waals surface area contributed by atoms with Crippen LogP contribution < -0.4 is 0 Å². The van der Waals surface area contributed by atoms with Gasteiger partial charge in [-0.3, -0.25) is 0 Å². The lowest BCUT2D eigenvalue weighted by Crippen LogP contribution is -1.90. The van der Waals surface area contributed by atoms with E-state index in [1.54, 1.807) is 0 Å². The van der Waals surface area contributed by atoms with E-state index >= 15 is 0 Å².